The van der Waals surface area contributed by atoms with Crippen molar-refractivity contribution in [1.82, 2.24) is 4.90 Å². The molecule has 0 bridgehead atoms. The fourth-order valence-corrected chi connectivity index (χ4v) is 3.25. The van der Waals surface area contributed by atoms with Gasteiger partial charge in [-0.15, -0.1) is 0 Å². The Morgan fingerprint density at radius 2 is 1.73 bits per heavy atom. The number of anilines is 2. The zero-order chi connectivity index (χ0) is 18.7. The minimum atomic E-state index is -0.408. The van der Waals surface area contributed by atoms with Gasteiger partial charge < -0.3 is 15.1 Å². The summed E-state index contributed by atoms with van der Waals surface area (Å²) in [7, 11) is 4.05. The zero-order valence-corrected chi connectivity index (χ0v) is 15.0. The summed E-state index contributed by atoms with van der Waals surface area (Å²) in [5, 5.41) is 2.69. The van der Waals surface area contributed by atoms with Crippen LogP contribution in [0.2, 0.25) is 0 Å². The molecule has 138 valence electrons. The van der Waals surface area contributed by atoms with Gasteiger partial charge in [0.05, 0.1) is 0 Å². The van der Waals surface area contributed by atoms with Crippen molar-refractivity contribution in [2.45, 2.75) is 18.9 Å². The van der Waals surface area contributed by atoms with Gasteiger partial charge >= 0.3 is 0 Å². The molecule has 0 atom stereocenters. The van der Waals surface area contributed by atoms with Crippen LogP contribution >= 0.6 is 0 Å². The second-order valence-electron chi connectivity index (χ2n) is 6.80. The number of hydrogen-bond donors (Lipinski definition) is 1. The van der Waals surface area contributed by atoms with Crippen LogP contribution in [0.1, 0.15) is 23.2 Å². The first-order chi connectivity index (χ1) is 12.4. The molecule has 1 aliphatic heterocycles. The van der Waals surface area contributed by atoms with E-state index in [1.807, 2.05) is 7.05 Å². The van der Waals surface area contributed by atoms with Gasteiger partial charge in [0.1, 0.15) is 11.6 Å². The summed E-state index contributed by atoms with van der Waals surface area (Å²) >= 11 is 0. The quantitative estimate of drug-likeness (QED) is 0.903. The maximum Gasteiger partial charge on any atom is 0.255 e. The molecule has 1 saturated heterocycles. The van der Waals surface area contributed by atoms with Gasteiger partial charge in [0, 0.05) is 30.0 Å². The second-order valence-corrected chi connectivity index (χ2v) is 6.80. The molecule has 1 N–H and O–H groups in total. The van der Waals surface area contributed by atoms with Crippen molar-refractivity contribution in [2.75, 3.05) is 37.4 Å². The summed E-state index contributed by atoms with van der Waals surface area (Å²) in [4.78, 5) is 16.6. The fraction of sp³-hybridized carbons (Fsp3) is 0.350. The zero-order valence-electron chi connectivity index (χ0n) is 15.0. The third-order valence-electron chi connectivity index (χ3n) is 4.89. The Morgan fingerprint density at radius 1 is 1.08 bits per heavy atom. The second kappa shape index (κ2) is 7.83. The number of nitrogens with one attached hydrogen (secondary N) is 1. The van der Waals surface area contributed by atoms with Crippen molar-refractivity contribution in [3.8, 4) is 0 Å². The number of likely N-dealkylation sites (tertiary alicyclic amines) is 1. The largest absolute Gasteiger partial charge is 0.371 e. The fourth-order valence-electron chi connectivity index (χ4n) is 3.25. The van der Waals surface area contributed by atoms with Gasteiger partial charge in [-0.2, -0.15) is 0 Å². The summed E-state index contributed by atoms with van der Waals surface area (Å²) in [6.45, 7) is 2.02. The number of halogens is 2. The summed E-state index contributed by atoms with van der Waals surface area (Å²) in [6.07, 6.45) is 2.03. The topological polar surface area (TPSA) is 35.6 Å². The van der Waals surface area contributed by atoms with Crippen LogP contribution in [-0.2, 0) is 0 Å². The Morgan fingerprint density at radius 3 is 2.38 bits per heavy atom. The molecule has 0 unspecified atom stereocenters. The molecule has 1 amide bonds. The number of carbonyl (C=O) groups is 1. The van der Waals surface area contributed by atoms with E-state index in [1.165, 1.54) is 36.4 Å². The third kappa shape index (κ3) is 4.38. The molecular weight excluding hydrogens is 336 g/mol. The minimum Gasteiger partial charge on any atom is -0.371 e. The molecule has 2 aromatic rings. The predicted molar refractivity (Wildman–Crippen MR) is 99.7 cm³/mol. The summed E-state index contributed by atoms with van der Waals surface area (Å²) in [5.41, 5.74) is 1.43. The van der Waals surface area contributed by atoms with Crippen LogP contribution in [0.5, 0.6) is 0 Å². The van der Waals surface area contributed by atoms with E-state index in [-0.39, 0.29) is 0 Å². The van der Waals surface area contributed by atoms with Crippen LogP contribution in [0, 0.1) is 11.6 Å². The van der Waals surface area contributed by atoms with E-state index in [0.717, 1.165) is 31.6 Å². The van der Waals surface area contributed by atoms with Crippen LogP contribution in [0.25, 0.3) is 0 Å². The highest BCUT2D eigenvalue weighted by atomic mass is 19.1. The van der Waals surface area contributed by atoms with E-state index in [2.05, 4.69) is 22.2 Å². The highest BCUT2D eigenvalue weighted by Gasteiger charge is 2.21. The van der Waals surface area contributed by atoms with Gasteiger partial charge in [-0.3, -0.25) is 4.79 Å². The molecule has 1 heterocycles. The average Bonchev–Trinajstić information content (AvgIpc) is 2.61. The van der Waals surface area contributed by atoms with Crippen molar-refractivity contribution >= 4 is 17.3 Å². The van der Waals surface area contributed by atoms with Crippen molar-refractivity contribution in [3.05, 3.63) is 59.7 Å². The molecule has 1 fully saturated rings. The van der Waals surface area contributed by atoms with Crippen LogP contribution in [0.15, 0.2) is 42.5 Å². The van der Waals surface area contributed by atoms with E-state index >= 15 is 0 Å². The Hall–Kier alpha value is -2.47. The smallest absolute Gasteiger partial charge is 0.255 e. The Kier molecular flexibility index (Phi) is 5.52. The molecule has 0 spiro atoms. The van der Waals surface area contributed by atoms with E-state index in [4.69, 9.17) is 0 Å². The molecule has 6 heteroatoms. The van der Waals surface area contributed by atoms with Crippen LogP contribution < -0.4 is 10.2 Å². The molecule has 0 aliphatic carbocycles. The highest BCUT2D eigenvalue weighted by Crippen LogP contribution is 2.26. The van der Waals surface area contributed by atoms with E-state index < -0.39 is 17.5 Å². The lowest BCUT2D eigenvalue weighted by Gasteiger charge is -2.36. The SMILES string of the molecule is CN1CCC(N(C)c2cc(F)cc(NC(=O)c3ccc(F)cc3)c2)CC1. The molecule has 0 aromatic heterocycles. The molecule has 0 saturated carbocycles. The van der Waals surface area contributed by atoms with Crippen molar-refractivity contribution < 1.29 is 13.6 Å². The van der Waals surface area contributed by atoms with Crippen LogP contribution in [0.3, 0.4) is 0 Å². The van der Waals surface area contributed by atoms with E-state index in [9.17, 15) is 13.6 Å². The van der Waals surface area contributed by atoms with Gasteiger partial charge in [-0.25, -0.2) is 8.78 Å². The minimum absolute atomic E-state index is 0.320. The Labute approximate surface area is 152 Å². The van der Waals surface area contributed by atoms with Crippen LogP contribution in [-0.4, -0.2) is 44.0 Å². The Balaban J connectivity index is 1.74. The summed E-state index contributed by atoms with van der Waals surface area (Å²) in [6, 6.07) is 10.1. The maximum atomic E-state index is 14.1. The third-order valence-corrected chi connectivity index (χ3v) is 4.89. The number of piperidine rings is 1. The van der Waals surface area contributed by atoms with Crippen molar-refractivity contribution in [3.63, 3.8) is 0 Å². The maximum absolute atomic E-state index is 14.1. The number of rotatable bonds is 4. The lowest BCUT2D eigenvalue weighted by molar-refractivity contribution is 0.102. The summed E-state index contributed by atoms with van der Waals surface area (Å²) < 4.78 is 27.1. The number of benzene rings is 2. The molecule has 3 rings (SSSR count). The average molecular weight is 359 g/mol. The van der Waals surface area contributed by atoms with Gasteiger partial charge in [-0.05, 0) is 75.4 Å². The predicted octanol–water partition coefficient (Wildman–Crippen LogP) is 3.75. The van der Waals surface area contributed by atoms with E-state index in [0.29, 0.717) is 17.3 Å². The van der Waals surface area contributed by atoms with Gasteiger partial charge in [0.15, 0.2) is 0 Å². The van der Waals surface area contributed by atoms with Gasteiger partial charge in [-0.1, -0.05) is 0 Å². The van der Waals surface area contributed by atoms with Crippen molar-refractivity contribution in [2.24, 2.45) is 0 Å². The number of carbonyl (C=O) groups excluding carboxylic acids is 1. The molecule has 2 aromatic carbocycles. The van der Waals surface area contributed by atoms with Gasteiger partial charge in [0.2, 0.25) is 0 Å². The molecule has 0 radical (unpaired) electrons. The first-order valence-corrected chi connectivity index (χ1v) is 8.71. The lowest BCUT2D eigenvalue weighted by Crippen LogP contribution is -2.42. The summed E-state index contributed by atoms with van der Waals surface area (Å²) in [5.74, 6) is -1.21. The first kappa shape index (κ1) is 18.3. The number of nitrogens with zero attached hydrogens (tertiary/aromatic N) is 2. The van der Waals surface area contributed by atoms with Crippen LogP contribution in [0.4, 0.5) is 20.2 Å². The number of hydrogen-bond acceptors (Lipinski definition) is 3. The highest BCUT2D eigenvalue weighted by molar-refractivity contribution is 6.04. The standard InChI is InChI=1S/C20H23F2N3O/c1-24-9-7-18(8-10-24)25(2)19-12-16(22)11-17(13-19)23-20(26)14-3-5-15(21)6-4-14/h3-6,11-13,18H,7-10H2,1-2H3,(H,23,26). The molecule has 4 nitrogen and oxygen atoms in total. The molecule has 26 heavy (non-hydrogen) atoms. The normalized spacial score (nSPS) is 15.7. The lowest BCUT2D eigenvalue weighted by atomic mass is 10.0. The molecule has 1 aliphatic rings. The van der Waals surface area contributed by atoms with Crippen molar-refractivity contribution in [1.29, 1.82) is 0 Å². The monoisotopic (exact) mass is 359 g/mol. The first-order valence-electron chi connectivity index (χ1n) is 8.71. The van der Waals surface area contributed by atoms with E-state index in [1.54, 1.807) is 6.07 Å². The number of amides is 1. The van der Waals surface area contributed by atoms with Gasteiger partial charge in [0.25, 0.3) is 5.91 Å². The Bertz CT molecular complexity index is 771. The molecular formula is C20H23F2N3O.